The van der Waals surface area contributed by atoms with Gasteiger partial charge in [0.1, 0.15) is 6.10 Å². The minimum absolute atomic E-state index is 0.518. The number of rotatable bonds is 2. The Balaban J connectivity index is 1.89. The van der Waals surface area contributed by atoms with Gasteiger partial charge < -0.3 is 5.11 Å². The highest BCUT2D eigenvalue weighted by atomic mass is 32.1. The summed E-state index contributed by atoms with van der Waals surface area (Å²) in [6, 6.07) is 6.00. The molecule has 2 aromatic heterocycles. The number of pyridine rings is 1. The van der Waals surface area contributed by atoms with Crippen LogP contribution < -0.4 is 0 Å². The van der Waals surface area contributed by atoms with Crippen molar-refractivity contribution >= 4 is 11.3 Å². The molecule has 94 valence electrons. The highest BCUT2D eigenvalue weighted by Crippen LogP contribution is 2.34. The summed E-state index contributed by atoms with van der Waals surface area (Å²) in [6.45, 7) is 0. The maximum absolute atomic E-state index is 10.4. The second-order valence-electron chi connectivity index (χ2n) is 4.85. The summed E-state index contributed by atoms with van der Waals surface area (Å²) in [6.07, 6.45) is 9.22. The average molecular weight is 259 g/mol. The molecular formula is C15H17NOS. The molecule has 0 amide bonds. The first kappa shape index (κ1) is 11.9. The third-order valence-corrected chi connectivity index (χ3v) is 4.82. The van der Waals surface area contributed by atoms with Crippen LogP contribution in [0.5, 0.6) is 0 Å². The number of hydrogen-bond acceptors (Lipinski definition) is 3. The molecule has 1 unspecified atom stereocenters. The molecular weight excluding hydrogens is 242 g/mol. The number of fused-ring (bicyclic) bond motifs is 1. The lowest BCUT2D eigenvalue weighted by molar-refractivity contribution is 0.223. The van der Waals surface area contributed by atoms with E-state index in [9.17, 15) is 5.11 Å². The van der Waals surface area contributed by atoms with Crippen molar-refractivity contribution in [2.45, 2.75) is 38.2 Å². The maximum Gasteiger partial charge on any atom is 0.115 e. The van der Waals surface area contributed by atoms with Crippen molar-refractivity contribution in [3.05, 3.63) is 51.5 Å². The lowest BCUT2D eigenvalue weighted by atomic mass is 10.1. The van der Waals surface area contributed by atoms with Crippen LogP contribution in [0.3, 0.4) is 0 Å². The monoisotopic (exact) mass is 259 g/mol. The summed E-state index contributed by atoms with van der Waals surface area (Å²) in [5.41, 5.74) is 2.34. The van der Waals surface area contributed by atoms with E-state index in [4.69, 9.17) is 0 Å². The van der Waals surface area contributed by atoms with Gasteiger partial charge in [-0.25, -0.2) is 0 Å². The van der Waals surface area contributed by atoms with Crippen molar-refractivity contribution in [2.24, 2.45) is 0 Å². The Bertz CT molecular complexity index is 497. The van der Waals surface area contributed by atoms with Crippen molar-refractivity contribution in [3.8, 4) is 0 Å². The molecule has 0 spiro atoms. The van der Waals surface area contributed by atoms with Gasteiger partial charge in [-0.3, -0.25) is 4.98 Å². The van der Waals surface area contributed by atoms with Gasteiger partial charge >= 0.3 is 0 Å². The summed E-state index contributed by atoms with van der Waals surface area (Å²) in [4.78, 5) is 6.61. The van der Waals surface area contributed by atoms with Crippen LogP contribution in [0, 0.1) is 0 Å². The number of thiophene rings is 1. The van der Waals surface area contributed by atoms with Crippen LogP contribution in [0.1, 0.15) is 46.2 Å². The predicted molar refractivity (Wildman–Crippen MR) is 73.9 cm³/mol. The Morgan fingerprint density at radius 3 is 2.94 bits per heavy atom. The van der Waals surface area contributed by atoms with Gasteiger partial charge in [0.15, 0.2) is 0 Å². The molecule has 0 bridgehead atoms. The van der Waals surface area contributed by atoms with E-state index in [1.807, 2.05) is 12.1 Å². The van der Waals surface area contributed by atoms with Crippen molar-refractivity contribution in [2.75, 3.05) is 0 Å². The molecule has 2 nitrogen and oxygen atoms in total. The van der Waals surface area contributed by atoms with E-state index in [0.717, 1.165) is 10.4 Å². The van der Waals surface area contributed by atoms with Gasteiger partial charge in [-0.05, 0) is 43.4 Å². The Labute approximate surface area is 111 Å². The molecule has 0 radical (unpaired) electrons. The number of aliphatic hydroxyl groups excluding tert-OH is 1. The molecule has 3 heteroatoms. The zero-order valence-corrected chi connectivity index (χ0v) is 11.1. The number of aryl methyl sites for hydroxylation is 2. The lowest BCUT2D eigenvalue weighted by Gasteiger charge is -2.07. The highest BCUT2D eigenvalue weighted by Gasteiger charge is 2.18. The van der Waals surface area contributed by atoms with Crippen LogP contribution in [0.4, 0.5) is 0 Å². The summed E-state index contributed by atoms with van der Waals surface area (Å²) in [5.74, 6) is 0. The van der Waals surface area contributed by atoms with E-state index in [-0.39, 0.29) is 0 Å². The van der Waals surface area contributed by atoms with E-state index in [0.29, 0.717) is 0 Å². The van der Waals surface area contributed by atoms with Gasteiger partial charge in [0.25, 0.3) is 0 Å². The van der Waals surface area contributed by atoms with Crippen molar-refractivity contribution in [3.63, 3.8) is 0 Å². The SMILES string of the molecule is OC(c1cccnc1)c1cc2c(s1)CCCCC2. The molecule has 1 aliphatic carbocycles. The molecule has 1 aliphatic rings. The molecule has 0 fully saturated rings. The Morgan fingerprint density at radius 2 is 2.11 bits per heavy atom. The molecule has 2 aromatic rings. The molecule has 1 atom stereocenters. The van der Waals surface area contributed by atoms with E-state index in [1.54, 1.807) is 23.7 Å². The van der Waals surface area contributed by atoms with E-state index in [2.05, 4.69) is 11.1 Å². The minimum atomic E-state index is -0.518. The fourth-order valence-electron chi connectivity index (χ4n) is 2.53. The minimum Gasteiger partial charge on any atom is -0.383 e. The third kappa shape index (κ3) is 2.33. The second kappa shape index (κ2) is 5.21. The largest absolute Gasteiger partial charge is 0.383 e. The van der Waals surface area contributed by atoms with E-state index >= 15 is 0 Å². The predicted octanol–water partition coefficient (Wildman–Crippen LogP) is 3.49. The first-order chi connectivity index (χ1) is 8.84. The van der Waals surface area contributed by atoms with Crippen LogP contribution in [-0.4, -0.2) is 10.1 Å². The van der Waals surface area contributed by atoms with Gasteiger partial charge in [0.2, 0.25) is 0 Å². The number of hydrogen-bond donors (Lipinski definition) is 1. The zero-order chi connectivity index (χ0) is 12.4. The molecule has 18 heavy (non-hydrogen) atoms. The Kier molecular flexibility index (Phi) is 3.43. The van der Waals surface area contributed by atoms with Gasteiger partial charge in [-0.15, -0.1) is 11.3 Å². The smallest absolute Gasteiger partial charge is 0.115 e. The van der Waals surface area contributed by atoms with Crippen LogP contribution in [0.25, 0.3) is 0 Å². The summed E-state index contributed by atoms with van der Waals surface area (Å²) in [5, 5.41) is 10.4. The van der Waals surface area contributed by atoms with Crippen LogP contribution in [0.15, 0.2) is 30.6 Å². The molecule has 1 N–H and O–H groups in total. The lowest BCUT2D eigenvalue weighted by Crippen LogP contribution is -1.97. The van der Waals surface area contributed by atoms with Gasteiger partial charge in [0, 0.05) is 27.7 Å². The van der Waals surface area contributed by atoms with Crippen molar-refractivity contribution in [1.29, 1.82) is 0 Å². The first-order valence-corrected chi connectivity index (χ1v) is 7.36. The Morgan fingerprint density at radius 1 is 1.22 bits per heavy atom. The summed E-state index contributed by atoms with van der Waals surface area (Å²) >= 11 is 1.77. The van der Waals surface area contributed by atoms with Crippen LogP contribution in [-0.2, 0) is 12.8 Å². The number of nitrogens with zero attached hydrogens (tertiary/aromatic N) is 1. The summed E-state index contributed by atoms with van der Waals surface area (Å²) in [7, 11) is 0. The fraction of sp³-hybridized carbons (Fsp3) is 0.400. The molecule has 3 rings (SSSR count). The number of aliphatic hydroxyl groups is 1. The van der Waals surface area contributed by atoms with Crippen molar-refractivity contribution in [1.82, 2.24) is 4.98 Å². The second-order valence-corrected chi connectivity index (χ2v) is 6.02. The highest BCUT2D eigenvalue weighted by molar-refractivity contribution is 7.12. The van der Waals surface area contributed by atoms with E-state index < -0.39 is 6.10 Å². The third-order valence-electron chi connectivity index (χ3n) is 3.54. The van der Waals surface area contributed by atoms with Crippen LogP contribution >= 0.6 is 11.3 Å². The van der Waals surface area contributed by atoms with Crippen LogP contribution in [0.2, 0.25) is 0 Å². The molecule has 0 saturated carbocycles. The van der Waals surface area contributed by atoms with Gasteiger partial charge in [-0.1, -0.05) is 12.5 Å². The molecule has 0 aromatic carbocycles. The van der Waals surface area contributed by atoms with Gasteiger partial charge in [0.05, 0.1) is 0 Å². The van der Waals surface area contributed by atoms with Gasteiger partial charge in [-0.2, -0.15) is 0 Å². The zero-order valence-electron chi connectivity index (χ0n) is 10.3. The summed E-state index contributed by atoms with van der Waals surface area (Å²) < 4.78 is 0. The standard InChI is InChI=1S/C15H17NOS/c17-15(12-6-4-8-16-10-12)14-9-11-5-2-1-3-7-13(11)18-14/h4,6,8-10,15,17H,1-3,5,7H2. The molecule has 0 aliphatic heterocycles. The van der Waals surface area contributed by atoms with E-state index in [1.165, 1.54) is 42.5 Å². The Hall–Kier alpha value is -1.19. The molecule has 2 heterocycles. The normalized spacial score (nSPS) is 16.9. The maximum atomic E-state index is 10.4. The van der Waals surface area contributed by atoms with Crippen molar-refractivity contribution < 1.29 is 5.11 Å². The fourth-order valence-corrected chi connectivity index (χ4v) is 3.80. The topological polar surface area (TPSA) is 33.1 Å². The number of aromatic nitrogens is 1. The first-order valence-electron chi connectivity index (χ1n) is 6.54. The quantitative estimate of drug-likeness (QED) is 0.837. The average Bonchev–Trinajstić information content (AvgIpc) is 2.70. The molecule has 0 saturated heterocycles.